The Balaban J connectivity index is 1.78. The van der Waals surface area contributed by atoms with Crippen molar-refractivity contribution in [2.45, 2.75) is 19.5 Å². The van der Waals surface area contributed by atoms with Gasteiger partial charge in [0.05, 0.1) is 11.6 Å². The molecular weight excluding hydrogens is 316 g/mol. The lowest BCUT2D eigenvalue weighted by Gasteiger charge is -2.15. The summed E-state index contributed by atoms with van der Waals surface area (Å²) in [6, 6.07) is 14.1. The predicted octanol–water partition coefficient (Wildman–Crippen LogP) is 3.13. The van der Waals surface area contributed by atoms with E-state index in [-0.39, 0.29) is 18.5 Å². The van der Waals surface area contributed by atoms with Crippen LogP contribution in [0.3, 0.4) is 0 Å². The van der Waals surface area contributed by atoms with Gasteiger partial charge in [-0.05, 0) is 30.7 Å². The fourth-order valence-electron chi connectivity index (χ4n) is 2.50. The number of fused-ring (bicyclic) bond motifs is 1. The molecule has 0 saturated heterocycles. The molecule has 1 N–H and O–H groups in total. The van der Waals surface area contributed by atoms with E-state index < -0.39 is 5.76 Å². The molecule has 0 aliphatic carbocycles. The lowest BCUT2D eigenvalue weighted by atomic mass is 10.1. The summed E-state index contributed by atoms with van der Waals surface area (Å²) in [7, 11) is 0. The van der Waals surface area contributed by atoms with Crippen LogP contribution in [0.2, 0.25) is 5.02 Å². The summed E-state index contributed by atoms with van der Waals surface area (Å²) >= 11 is 6.13. The third-order valence-corrected chi connectivity index (χ3v) is 3.97. The van der Waals surface area contributed by atoms with Gasteiger partial charge < -0.3 is 9.73 Å². The van der Waals surface area contributed by atoms with E-state index in [4.69, 9.17) is 16.0 Å². The zero-order valence-corrected chi connectivity index (χ0v) is 13.2. The average Bonchev–Trinajstić information content (AvgIpc) is 2.83. The van der Waals surface area contributed by atoms with Crippen molar-refractivity contribution in [1.29, 1.82) is 0 Å². The van der Waals surface area contributed by atoms with Crippen molar-refractivity contribution in [2.24, 2.45) is 0 Å². The van der Waals surface area contributed by atoms with Gasteiger partial charge in [-0.25, -0.2) is 4.79 Å². The number of halogens is 1. The SMILES string of the molecule is CC(NC(=O)Cn1c(=O)oc2ccccc21)c1ccccc1Cl. The van der Waals surface area contributed by atoms with Crippen LogP contribution in [0.1, 0.15) is 18.5 Å². The summed E-state index contributed by atoms with van der Waals surface area (Å²) in [5.41, 5.74) is 1.88. The summed E-state index contributed by atoms with van der Waals surface area (Å²) in [6.45, 7) is 1.74. The number of hydrogen-bond acceptors (Lipinski definition) is 3. The molecule has 0 aliphatic rings. The van der Waals surface area contributed by atoms with Gasteiger partial charge in [0.2, 0.25) is 5.91 Å². The van der Waals surface area contributed by atoms with Crippen LogP contribution in [0, 0.1) is 0 Å². The summed E-state index contributed by atoms with van der Waals surface area (Å²) in [5, 5.41) is 3.43. The lowest BCUT2D eigenvalue weighted by Crippen LogP contribution is -2.32. The Morgan fingerprint density at radius 1 is 1.22 bits per heavy atom. The molecule has 2 aromatic carbocycles. The van der Waals surface area contributed by atoms with Gasteiger partial charge in [-0.3, -0.25) is 9.36 Å². The first-order chi connectivity index (χ1) is 11.1. The molecule has 3 aromatic rings. The van der Waals surface area contributed by atoms with Crippen LogP contribution in [-0.4, -0.2) is 10.5 Å². The largest absolute Gasteiger partial charge is 0.420 e. The molecular formula is C17H15ClN2O3. The second-order valence-electron chi connectivity index (χ2n) is 5.23. The topological polar surface area (TPSA) is 64.2 Å². The maximum absolute atomic E-state index is 12.2. The van der Waals surface area contributed by atoms with E-state index in [1.807, 2.05) is 25.1 Å². The van der Waals surface area contributed by atoms with Crippen LogP contribution < -0.4 is 11.1 Å². The number of para-hydroxylation sites is 2. The maximum atomic E-state index is 12.2. The molecule has 5 nitrogen and oxygen atoms in total. The van der Waals surface area contributed by atoms with E-state index >= 15 is 0 Å². The number of carbonyl (C=O) groups is 1. The van der Waals surface area contributed by atoms with Gasteiger partial charge in [0.15, 0.2) is 5.58 Å². The first-order valence-corrected chi connectivity index (χ1v) is 7.56. The number of carbonyl (C=O) groups excluding carboxylic acids is 1. The zero-order chi connectivity index (χ0) is 16.4. The van der Waals surface area contributed by atoms with Crippen LogP contribution >= 0.6 is 11.6 Å². The third-order valence-electron chi connectivity index (χ3n) is 3.62. The van der Waals surface area contributed by atoms with E-state index in [9.17, 15) is 9.59 Å². The highest BCUT2D eigenvalue weighted by atomic mass is 35.5. The minimum Gasteiger partial charge on any atom is -0.408 e. The fraction of sp³-hybridized carbons (Fsp3) is 0.176. The van der Waals surface area contributed by atoms with Crippen LogP contribution in [-0.2, 0) is 11.3 Å². The summed E-state index contributed by atoms with van der Waals surface area (Å²) < 4.78 is 6.42. The monoisotopic (exact) mass is 330 g/mol. The standard InChI is InChI=1S/C17H15ClN2O3/c1-11(12-6-2-3-7-13(12)18)19-16(21)10-20-14-8-4-5-9-15(14)23-17(20)22/h2-9,11H,10H2,1H3,(H,19,21). The molecule has 0 spiro atoms. The van der Waals surface area contributed by atoms with Crippen molar-refractivity contribution in [2.75, 3.05) is 0 Å². The van der Waals surface area contributed by atoms with Crippen LogP contribution in [0.5, 0.6) is 0 Å². The number of hydrogen-bond donors (Lipinski definition) is 1. The smallest absolute Gasteiger partial charge is 0.408 e. The number of nitrogens with one attached hydrogen (secondary N) is 1. The van der Waals surface area contributed by atoms with Crippen LogP contribution in [0.25, 0.3) is 11.1 Å². The summed E-state index contributed by atoms with van der Waals surface area (Å²) in [6.07, 6.45) is 0. The quantitative estimate of drug-likeness (QED) is 0.799. The predicted molar refractivity (Wildman–Crippen MR) is 88.5 cm³/mol. The third kappa shape index (κ3) is 3.14. The molecule has 0 saturated carbocycles. The van der Waals surface area contributed by atoms with Crippen molar-refractivity contribution < 1.29 is 9.21 Å². The van der Waals surface area contributed by atoms with Gasteiger partial charge in [0, 0.05) is 5.02 Å². The van der Waals surface area contributed by atoms with Gasteiger partial charge in [0.1, 0.15) is 6.54 Å². The number of benzene rings is 2. The molecule has 1 atom stereocenters. The number of rotatable bonds is 4. The van der Waals surface area contributed by atoms with E-state index in [1.165, 1.54) is 4.57 Å². The molecule has 118 valence electrons. The molecule has 1 aromatic heterocycles. The molecule has 0 fully saturated rings. The molecule has 1 unspecified atom stereocenters. The first-order valence-electron chi connectivity index (χ1n) is 7.18. The van der Waals surface area contributed by atoms with Crippen molar-refractivity contribution in [3.05, 3.63) is 69.7 Å². The highest BCUT2D eigenvalue weighted by Crippen LogP contribution is 2.22. The maximum Gasteiger partial charge on any atom is 0.420 e. The van der Waals surface area contributed by atoms with E-state index in [1.54, 1.807) is 30.3 Å². The Kier molecular flexibility index (Phi) is 4.21. The number of aromatic nitrogens is 1. The molecule has 6 heteroatoms. The van der Waals surface area contributed by atoms with E-state index in [0.717, 1.165) is 5.56 Å². The lowest BCUT2D eigenvalue weighted by molar-refractivity contribution is -0.122. The summed E-state index contributed by atoms with van der Waals surface area (Å²) in [4.78, 5) is 24.1. The van der Waals surface area contributed by atoms with Gasteiger partial charge in [-0.1, -0.05) is 41.9 Å². The number of oxazole rings is 1. The minimum atomic E-state index is -0.549. The van der Waals surface area contributed by atoms with Crippen LogP contribution in [0.15, 0.2) is 57.7 Å². The molecule has 0 bridgehead atoms. The molecule has 0 radical (unpaired) electrons. The Hall–Kier alpha value is -2.53. The average molecular weight is 331 g/mol. The van der Waals surface area contributed by atoms with Gasteiger partial charge in [-0.15, -0.1) is 0 Å². The van der Waals surface area contributed by atoms with Gasteiger partial charge in [0.25, 0.3) is 0 Å². The molecule has 3 rings (SSSR count). The van der Waals surface area contributed by atoms with Gasteiger partial charge in [-0.2, -0.15) is 0 Å². The summed E-state index contributed by atoms with van der Waals surface area (Å²) in [5.74, 6) is -0.835. The van der Waals surface area contributed by atoms with Crippen molar-refractivity contribution in [3.8, 4) is 0 Å². The fourth-order valence-corrected chi connectivity index (χ4v) is 2.80. The second-order valence-corrected chi connectivity index (χ2v) is 5.64. The Morgan fingerprint density at radius 3 is 2.70 bits per heavy atom. The molecule has 1 amide bonds. The Bertz CT molecular complexity index is 913. The molecule has 0 aliphatic heterocycles. The number of nitrogens with zero attached hydrogens (tertiary/aromatic N) is 1. The van der Waals surface area contributed by atoms with Crippen LogP contribution in [0.4, 0.5) is 0 Å². The van der Waals surface area contributed by atoms with Crippen molar-refractivity contribution in [3.63, 3.8) is 0 Å². The Morgan fingerprint density at radius 2 is 1.91 bits per heavy atom. The first kappa shape index (κ1) is 15.4. The minimum absolute atomic E-state index is 0.107. The Labute approximate surface area is 137 Å². The zero-order valence-electron chi connectivity index (χ0n) is 12.5. The van der Waals surface area contributed by atoms with Crippen molar-refractivity contribution >= 4 is 28.6 Å². The second kappa shape index (κ2) is 6.30. The highest BCUT2D eigenvalue weighted by Gasteiger charge is 2.15. The van der Waals surface area contributed by atoms with Crippen molar-refractivity contribution in [1.82, 2.24) is 9.88 Å². The van der Waals surface area contributed by atoms with E-state index in [0.29, 0.717) is 16.1 Å². The highest BCUT2D eigenvalue weighted by molar-refractivity contribution is 6.31. The normalized spacial score (nSPS) is 12.3. The molecule has 23 heavy (non-hydrogen) atoms. The molecule has 1 heterocycles. The van der Waals surface area contributed by atoms with E-state index in [2.05, 4.69) is 5.32 Å². The number of amides is 1. The van der Waals surface area contributed by atoms with Gasteiger partial charge >= 0.3 is 5.76 Å².